The Morgan fingerprint density at radius 3 is 2.94 bits per heavy atom. The number of carbonyl (C=O) groups excluding carboxylic acids is 1. The molecule has 4 rings (SSSR count). The average molecular weight is 466 g/mol. The number of rotatable bonds is 7. The zero-order valence-corrected chi connectivity index (χ0v) is 18.7. The Labute approximate surface area is 192 Å². The van der Waals surface area contributed by atoms with Crippen LogP contribution in [0.1, 0.15) is 36.1 Å². The van der Waals surface area contributed by atoms with Crippen molar-refractivity contribution < 1.29 is 9.72 Å². The summed E-state index contributed by atoms with van der Waals surface area (Å²) in [5.41, 5.74) is 3.98. The first kappa shape index (κ1) is 21.9. The van der Waals surface area contributed by atoms with Crippen molar-refractivity contribution in [2.24, 2.45) is 0 Å². The van der Waals surface area contributed by atoms with E-state index in [4.69, 9.17) is 0 Å². The van der Waals surface area contributed by atoms with Crippen molar-refractivity contribution in [3.63, 3.8) is 0 Å². The molecular weight excluding hydrogens is 446 g/mol. The Morgan fingerprint density at radius 2 is 2.12 bits per heavy atom. The lowest BCUT2D eigenvalue weighted by Crippen LogP contribution is -2.12. The summed E-state index contributed by atoms with van der Waals surface area (Å²) in [5.74, 6) is 0.309. The molecule has 0 unspecified atom stereocenters. The van der Waals surface area contributed by atoms with Gasteiger partial charge in [0.25, 0.3) is 5.69 Å². The number of thioether (sulfide) groups is 1. The topological polar surface area (TPSA) is 122 Å². The number of fused-ring (bicyclic) bond motifs is 1. The number of nitrogens with one attached hydrogen (secondary N) is 1. The van der Waals surface area contributed by atoms with Crippen LogP contribution >= 0.6 is 23.1 Å². The van der Waals surface area contributed by atoms with Gasteiger partial charge in [0.05, 0.1) is 16.2 Å². The van der Waals surface area contributed by atoms with E-state index in [0.717, 1.165) is 31.4 Å². The van der Waals surface area contributed by atoms with E-state index in [2.05, 4.69) is 21.4 Å². The minimum absolute atomic E-state index is 0.00867. The largest absolute Gasteiger partial charge is 0.302 e. The number of carbonyl (C=O) groups is 1. The lowest BCUT2D eigenvalue weighted by atomic mass is 9.95. The molecule has 0 atom stereocenters. The van der Waals surface area contributed by atoms with E-state index in [1.54, 1.807) is 17.5 Å². The maximum absolute atomic E-state index is 12.3. The molecular formula is C22H19N5O3S2. The smallest absolute Gasteiger partial charge is 0.270 e. The van der Waals surface area contributed by atoms with Crippen molar-refractivity contribution in [1.29, 1.82) is 5.26 Å². The molecule has 1 N–H and O–H groups in total. The summed E-state index contributed by atoms with van der Waals surface area (Å²) in [4.78, 5) is 31.9. The van der Waals surface area contributed by atoms with Crippen LogP contribution in [0.5, 0.6) is 0 Å². The maximum Gasteiger partial charge on any atom is 0.270 e. The number of nitriles is 1. The molecule has 0 saturated heterocycles. The summed E-state index contributed by atoms with van der Waals surface area (Å²) < 4.78 is 0. The Bertz CT molecular complexity index is 1220. The normalized spacial score (nSPS) is 12.6. The third-order valence-corrected chi connectivity index (χ3v) is 6.81. The van der Waals surface area contributed by atoms with Gasteiger partial charge in [-0.15, -0.1) is 23.1 Å². The molecule has 0 spiro atoms. The number of nitro benzene ring substituents is 1. The number of hydrogen-bond donors (Lipinski definition) is 1. The van der Waals surface area contributed by atoms with Gasteiger partial charge in [-0.05, 0) is 37.3 Å². The lowest BCUT2D eigenvalue weighted by molar-refractivity contribution is -0.384. The lowest BCUT2D eigenvalue weighted by Gasteiger charge is -2.16. The molecule has 1 aliphatic carbocycles. The Balaban J connectivity index is 1.34. The van der Waals surface area contributed by atoms with Gasteiger partial charge in [-0.3, -0.25) is 14.9 Å². The number of hydrogen-bond acceptors (Lipinski definition) is 8. The standard InChI is InChI=1S/C22H19N5O3S2/c23-12-16-10-14-4-1-2-7-18(14)24-21(16)31-9-8-20(28)26-22-25-19(13-32-22)15-5-3-6-17(11-15)27(29)30/h3,5-6,10-11,13H,1-2,4,7-9H2,(H,25,26,28). The highest BCUT2D eigenvalue weighted by Gasteiger charge is 2.16. The first-order valence-electron chi connectivity index (χ1n) is 10.1. The number of thiazole rings is 1. The minimum Gasteiger partial charge on any atom is -0.302 e. The van der Waals surface area contributed by atoms with E-state index in [9.17, 15) is 20.2 Å². The van der Waals surface area contributed by atoms with Crippen molar-refractivity contribution in [1.82, 2.24) is 9.97 Å². The zero-order valence-electron chi connectivity index (χ0n) is 17.0. The summed E-state index contributed by atoms with van der Waals surface area (Å²) in [6.07, 6.45) is 4.40. The second-order valence-electron chi connectivity index (χ2n) is 7.26. The third-order valence-electron chi connectivity index (χ3n) is 5.06. The highest BCUT2D eigenvalue weighted by Crippen LogP contribution is 2.29. The van der Waals surface area contributed by atoms with Crippen molar-refractivity contribution in [3.05, 3.63) is 62.6 Å². The van der Waals surface area contributed by atoms with Crippen LogP contribution in [0.25, 0.3) is 11.3 Å². The molecule has 32 heavy (non-hydrogen) atoms. The number of nitrogens with zero attached hydrogens (tertiary/aromatic N) is 4. The fourth-order valence-corrected chi connectivity index (χ4v) is 5.12. The first-order valence-corrected chi connectivity index (χ1v) is 12.0. The Kier molecular flexibility index (Phi) is 6.78. The van der Waals surface area contributed by atoms with Crippen molar-refractivity contribution >= 4 is 39.8 Å². The third kappa shape index (κ3) is 5.12. The summed E-state index contributed by atoms with van der Waals surface area (Å²) in [6, 6.07) is 10.4. The fourth-order valence-electron chi connectivity index (χ4n) is 3.47. The van der Waals surface area contributed by atoms with E-state index in [1.807, 2.05) is 6.07 Å². The van der Waals surface area contributed by atoms with Crippen LogP contribution < -0.4 is 5.32 Å². The second-order valence-corrected chi connectivity index (χ2v) is 9.20. The molecule has 0 bridgehead atoms. The van der Waals surface area contributed by atoms with Crippen LogP contribution in [-0.2, 0) is 17.6 Å². The van der Waals surface area contributed by atoms with E-state index >= 15 is 0 Å². The van der Waals surface area contributed by atoms with Crippen LogP contribution in [0, 0.1) is 21.4 Å². The fraction of sp³-hybridized carbons (Fsp3) is 0.273. The molecule has 8 nitrogen and oxygen atoms in total. The molecule has 2 aromatic heterocycles. The molecule has 2 heterocycles. The van der Waals surface area contributed by atoms with E-state index in [-0.39, 0.29) is 18.0 Å². The average Bonchev–Trinajstić information content (AvgIpc) is 3.27. The van der Waals surface area contributed by atoms with Crippen molar-refractivity contribution in [3.8, 4) is 17.3 Å². The van der Waals surface area contributed by atoms with E-state index in [1.165, 1.54) is 40.8 Å². The number of nitro groups is 1. The molecule has 0 fully saturated rings. The van der Waals surface area contributed by atoms with Crippen LogP contribution in [0.3, 0.4) is 0 Å². The van der Waals surface area contributed by atoms with Crippen LogP contribution in [0.15, 0.2) is 40.7 Å². The van der Waals surface area contributed by atoms with Crippen LogP contribution in [-0.4, -0.2) is 26.6 Å². The molecule has 1 aliphatic rings. The minimum atomic E-state index is -0.453. The quantitative estimate of drug-likeness (QED) is 0.296. The number of pyridine rings is 1. The second kappa shape index (κ2) is 9.89. The molecule has 10 heteroatoms. The number of aryl methyl sites for hydroxylation is 2. The monoisotopic (exact) mass is 465 g/mol. The van der Waals surface area contributed by atoms with Crippen LogP contribution in [0.4, 0.5) is 10.8 Å². The number of anilines is 1. The Morgan fingerprint density at radius 1 is 1.28 bits per heavy atom. The van der Waals surface area contributed by atoms with Gasteiger partial charge < -0.3 is 5.32 Å². The highest BCUT2D eigenvalue weighted by atomic mass is 32.2. The molecule has 162 valence electrons. The zero-order chi connectivity index (χ0) is 22.5. The number of amides is 1. The maximum atomic E-state index is 12.3. The van der Waals surface area contributed by atoms with Gasteiger partial charge in [0.2, 0.25) is 5.91 Å². The molecule has 1 amide bonds. The van der Waals surface area contributed by atoms with E-state index in [0.29, 0.717) is 32.7 Å². The van der Waals surface area contributed by atoms with Crippen LogP contribution in [0.2, 0.25) is 0 Å². The van der Waals surface area contributed by atoms with Gasteiger partial charge in [0.1, 0.15) is 11.1 Å². The van der Waals surface area contributed by atoms with Gasteiger partial charge in [-0.25, -0.2) is 9.97 Å². The predicted molar refractivity (Wildman–Crippen MR) is 124 cm³/mol. The molecule has 0 radical (unpaired) electrons. The summed E-state index contributed by atoms with van der Waals surface area (Å²) in [6.45, 7) is 0. The molecule has 1 aromatic carbocycles. The van der Waals surface area contributed by atoms with Gasteiger partial charge in [-0.1, -0.05) is 12.1 Å². The Hall–Kier alpha value is -3.29. The number of aromatic nitrogens is 2. The number of non-ortho nitro benzene ring substituents is 1. The first-order chi connectivity index (χ1) is 15.5. The summed E-state index contributed by atoms with van der Waals surface area (Å²) in [7, 11) is 0. The molecule has 3 aromatic rings. The van der Waals surface area contributed by atoms with Gasteiger partial charge in [0.15, 0.2) is 5.13 Å². The van der Waals surface area contributed by atoms with Crippen molar-refractivity contribution in [2.45, 2.75) is 37.1 Å². The predicted octanol–water partition coefficient (Wildman–Crippen LogP) is 4.98. The van der Waals surface area contributed by atoms with Gasteiger partial charge >= 0.3 is 0 Å². The summed E-state index contributed by atoms with van der Waals surface area (Å²) >= 11 is 2.68. The molecule has 0 saturated carbocycles. The van der Waals surface area contributed by atoms with Gasteiger partial charge in [-0.2, -0.15) is 5.26 Å². The van der Waals surface area contributed by atoms with E-state index < -0.39 is 4.92 Å². The molecule has 0 aliphatic heterocycles. The highest BCUT2D eigenvalue weighted by molar-refractivity contribution is 7.99. The summed E-state index contributed by atoms with van der Waals surface area (Å²) in [5, 5.41) is 26.0. The number of benzene rings is 1. The SMILES string of the molecule is N#Cc1cc2c(nc1SCCC(=O)Nc1nc(-c3cccc([N+](=O)[O-])c3)cs1)CCCC2. The van der Waals surface area contributed by atoms with Gasteiger partial charge in [0, 0.05) is 40.9 Å². The van der Waals surface area contributed by atoms with Crippen molar-refractivity contribution in [2.75, 3.05) is 11.1 Å².